The highest BCUT2D eigenvalue weighted by Gasteiger charge is 2.35. The van der Waals surface area contributed by atoms with E-state index in [1.807, 2.05) is 17.0 Å². The molecule has 2 aromatic carbocycles. The normalized spacial score (nSPS) is 17.2. The van der Waals surface area contributed by atoms with Crippen molar-refractivity contribution in [1.82, 2.24) is 10.2 Å². The van der Waals surface area contributed by atoms with Gasteiger partial charge in [0.05, 0.1) is 6.42 Å². The number of rotatable bonds is 11. The molecule has 1 aliphatic rings. The van der Waals surface area contributed by atoms with Crippen molar-refractivity contribution in [1.29, 1.82) is 0 Å². The summed E-state index contributed by atoms with van der Waals surface area (Å²) in [5, 5.41) is 14.4. The minimum Gasteiger partial charge on any atom is -0.481 e. The number of amides is 3. The Morgan fingerprint density at radius 2 is 1.54 bits per heavy atom. The monoisotopic (exact) mass is 647 g/mol. The fourth-order valence-corrected chi connectivity index (χ4v) is 5.59. The highest BCUT2D eigenvalue weighted by atomic mass is 127. The number of hydrogen-bond donors (Lipinski definition) is 3. The standard InChI is InChI=1S/C30H38IN3O5/c1-20(35)22-8-12-25(13-9-22)33-29(39)34(26-14-10-24(11-15-26)30(2,3)19-31)18-21-4-6-23(7-5-21)28(38)32-17-16-27(36)37/h4-9,12-13,24,26H,10-11,14-19H2,1-3H3,(H,32,38)(H,33,39)(H,36,37). The van der Waals surface area contributed by atoms with Crippen molar-refractivity contribution in [2.75, 3.05) is 16.3 Å². The van der Waals surface area contributed by atoms with E-state index in [9.17, 15) is 19.2 Å². The second-order valence-electron chi connectivity index (χ2n) is 10.9. The second kappa shape index (κ2) is 13.9. The minimum atomic E-state index is -0.967. The average molecular weight is 648 g/mol. The molecule has 3 rings (SSSR count). The van der Waals surface area contributed by atoms with Crippen molar-refractivity contribution >= 4 is 52.0 Å². The molecule has 39 heavy (non-hydrogen) atoms. The summed E-state index contributed by atoms with van der Waals surface area (Å²) in [6.07, 6.45) is 3.83. The van der Waals surface area contributed by atoms with Crippen LogP contribution in [0.25, 0.3) is 0 Å². The van der Waals surface area contributed by atoms with Crippen LogP contribution >= 0.6 is 22.6 Å². The third-order valence-electron chi connectivity index (χ3n) is 7.58. The highest BCUT2D eigenvalue weighted by Crippen LogP contribution is 2.41. The molecule has 0 spiro atoms. The molecule has 0 heterocycles. The summed E-state index contributed by atoms with van der Waals surface area (Å²) in [5.74, 6) is -0.707. The van der Waals surface area contributed by atoms with Gasteiger partial charge < -0.3 is 20.6 Å². The van der Waals surface area contributed by atoms with Gasteiger partial charge in [0.2, 0.25) is 0 Å². The molecule has 0 aliphatic heterocycles. The molecule has 210 valence electrons. The van der Waals surface area contributed by atoms with Crippen LogP contribution in [0.2, 0.25) is 0 Å². The molecule has 1 aliphatic carbocycles. The van der Waals surface area contributed by atoms with Crippen LogP contribution in [0.1, 0.15) is 79.2 Å². The quantitative estimate of drug-likeness (QED) is 0.154. The Kier molecular flexibility index (Phi) is 10.9. The third kappa shape index (κ3) is 8.78. The van der Waals surface area contributed by atoms with Crippen LogP contribution in [0.15, 0.2) is 48.5 Å². The SMILES string of the molecule is CC(=O)c1ccc(NC(=O)N(Cc2ccc(C(=O)NCCC(=O)O)cc2)C2CCC(C(C)(C)CI)CC2)cc1. The van der Waals surface area contributed by atoms with Gasteiger partial charge in [0.15, 0.2) is 5.78 Å². The van der Waals surface area contributed by atoms with Gasteiger partial charge in [-0.2, -0.15) is 0 Å². The summed E-state index contributed by atoms with van der Waals surface area (Å²) in [6.45, 7) is 6.60. The first-order valence-corrected chi connectivity index (χ1v) is 14.9. The van der Waals surface area contributed by atoms with E-state index in [0.717, 1.165) is 35.7 Å². The molecule has 0 atom stereocenters. The highest BCUT2D eigenvalue weighted by molar-refractivity contribution is 14.1. The van der Waals surface area contributed by atoms with Crippen molar-refractivity contribution in [3.8, 4) is 0 Å². The van der Waals surface area contributed by atoms with E-state index in [4.69, 9.17) is 5.11 Å². The van der Waals surface area contributed by atoms with Crippen molar-refractivity contribution < 1.29 is 24.3 Å². The maximum Gasteiger partial charge on any atom is 0.322 e. The Bertz CT molecular complexity index is 1160. The second-order valence-corrected chi connectivity index (χ2v) is 11.7. The first-order valence-electron chi connectivity index (χ1n) is 13.3. The summed E-state index contributed by atoms with van der Waals surface area (Å²) >= 11 is 2.46. The molecule has 2 aromatic rings. The Morgan fingerprint density at radius 3 is 2.08 bits per heavy atom. The van der Waals surface area contributed by atoms with Crippen molar-refractivity contribution in [3.05, 3.63) is 65.2 Å². The summed E-state index contributed by atoms with van der Waals surface area (Å²) in [4.78, 5) is 50.1. The number of ketones is 1. The van der Waals surface area contributed by atoms with Gasteiger partial charge in [-0.3, -0.25) is 14.4 Å². The van der Waals surface area contributed by atoms with E-state index in [-0.39, 0.29) is 42.1 Å². The number of alkyl halides is 1. The molecule has 1 saturated carbocycles. The Balaban J connectivity index is 1.73. The topological polar surface area (TPSA) is 116 Å². The van der Waals surface area contributed by atoms with Crippen LogP contribution in [-0.4, -0.2) is 50.7 Å². The van der Waals surface area contributed by atoms with E-state index < -0.39 is 5.97 Å². The number of nitrogens with one attached hydrogen (secondary N) is 2. The van der Waals surface area contributed by atoms with Crippen molar-refractivity contribution in [3.63, 3.8) is 0 Å². The number of carboxylic acids is 1. The third-order valence-corrected chi connectivity index (χ3v) is 9.55. The zero-order valence-electron chi connectivity index (χ0n) is 22.8. The molecule has 8 nitrogen and oxygen atoms in total. The molecule has 0 unspecified atom stereocenters. The van der Waals surface area contributed by atoms with Crippen LogP contribution in [0, 0.1) is 11.3 Å². The Hall–Kier alpha value is -2.95. The first kappa shape index (κ1) is 30.6. The molecule has 0 aromatic heterocycles. The van der Waals surface area contributed by atoms with E-state index >= 15 is 0 Å². The lowest BCUT2D eigenvalue weighted by molar-refractivity contribution is -0.136. The number of nitrogens with zero attached hydrogens (tertiary/aromatic N) is 1. The fraction of sp³-hybridized carbons (Fsp3) is 0.467. The molecular formula is C30H38IN3O5. The maximum atomic E-state index is 13.6. The smallest absolute Gasteiger partial charge is 0.322 e. The minimum absolute atomic E-state index is 0.0281. The van der Waals surface area contributed by atoms with Gasteiger partial charge in [0.25, 0.3) is 5.91 Å². The summed E-state index contributed by atoms with van der Waals surface area (Å²) in [6, 6.07) is 13.8. The van der Waals surface area contributed by atoms with Gasteiger partial charge in [0.1, 0.15) is 0 Å². The van der Waals surface area contributed by atoms with E-state index in [0.29, 0.717) is 29.3 Å². The van der Waals surface area contributed by atoms with Crippen LogP contribution in [0.5, 0.6) is 0 Å². The van der Waals surface area contributed by atoms with Gasteiger partial charge >= 0.3 is 12.0 Å². The molecule has 0 radical (unpaired) electrons. The predicted molar refractivity (Wildman–Crippen MR) is 160 cm³/mol. The molecular weight excluding hydrogens is 609 g/mol. The molecule has 9 heteroatoms. The zero-order valence-corrected chi connectivity index (χ0v) is 25.0. The number of carboxylic acid groups (broad SMARTS) is 1. The molecule has 3 N–H and O–H groups in total. The summed E-state index contributed by atoms with van der Waals surface area (Å²) < 4.78 is 1.09. The molecule has 0 bridgehead atoms. The first-order chi connectivity index (χ1) is 18.5. The number of hydrogen-bond acceptors (Lipinski definition) is 4. The number of carbonyl (C=O) groups is 4. The zero-order chi connectivity index (χ0) is 28.6. The maximum absolute atomic E-state index is 13.6. The largest absolute Gasteiger partial charge is 0.481 e. The number of anilines is 1. The van der Waals surface area contributed by atoms with Crippen LogP contribution in [0.3, 0.4) is 0 Å². The van der Waals surface area contributed by atoms with E-state index in [2.05, 4.69) is 47.1 Å². The number of benzene rings is 2. The molecule has 1 fully saturated rings. The molecule has 0 saturated heterocycles. The van der Waals surface area contributed by atoms with E-state index in [1.165, 1.54) is 6.92 Å². The number of Topliss-reactive ketones (excluding diaryl/α,β-unsaturated/α-hetero) is 1. The number of aliphatic carboxylic acids is 1. The van der Waals surface area contributed by atoms with Crippen molar-refractivity contribution in [2.24, 2.45) is 11.3 Å². The fourth-order valence-electron chi connectivity index (χ4n) is 4.97. The van der Waals surface area contributed by atoms with Gasteiger partial charge in [-0.05, 0) is 85.9 Å². The lowest BCUT2D eigenvalue weighted by Crippen LogP contribution is -2.45. The van der Waals surface area contributed by atoms with Crippen LogP contribution in [0.4, 0.5) is 10.5 Å². The lowest BCUT2D eigenvalue weighted by Gasteiger charge is -2.42. The van der Waals surface area contributed by atoms with Gasteiger partial charge in [0, 0.05) is 40.4 Å². The van der Waals surface area contributed by atoms with E-state index in [1.54, 1.807) is 36.4 Å². The molecule has 3 amide bonds. The van der Waals surface area contributed by atoms with Gasteiger partial charge in [-0.1, -0.05) is 48.6 Å². The number of urea groups is 1. The number of halogens is 1. The van der Waals surface area contributed by atoms with Gasteiger partial charge in [-0.25, -0.2) is 4.79 Å². The van der Waals surface area contributed by atoms with Gasteiger partial charge in [-0.15, -0.1) is 0 Å². The lowest BCUT2D eigenvalue weighted by atomic mass is 9.71. The Morgan fingerprint density at radius 1 is 0.949 bits per heavy atom. The van der Waals surface area contributed by atoms with Crippen molar-refractivity contribution in [2.45, 2.75) is 65.5 Å². The average Bonchev–Trinajstić information content (AvgIpc) is 2.92. The number of carbonyl (C=O) groups excluding carboxylic acids is 3. The predicted octanol–water partition coefficient (Wildman–Crippen LogP) is 6.15. The Labute approximate surface area is 244 Å². The van der Waals surface area contributed by atoms with Crippen LogP contribution in [-0.2, 0) is 11.3 Å². The van der Waals surface area contributed by atoms with Crippen LogP contribution < -0.4 is 10.6 Å². The summed E-state index contributed by atoms with van der Waals surface area (Å²) in [5.41, 5.74) is 2.81. The summed E-state index contributed by atoms with van der Waals surface area (Å²) in [7, 11) is 0.